The van der Waals surface area contributed by atoms with E-state index < -0.39 is 17.9 Å². The fraction of sp³-hybridized carbons (Fsp3) is 0.438. The molecule has 7 heteroatoms. The molecule has 2 N–H and O–H groups in total. The van der Waals surface area contributed by atoms with Crippen LogP contribution in [0.5, 0.6) is 0 Å². The predicted molar refractivity (Wildman–Crippen MR) is 83.6 cm³/mol. The number of carbonyl (C=O) groups excluding carboxylic acids is 2. The van der Waals surface area contributed by atoms with Crippen LogP contribution in [0.4, 0.5) is 0 Å². The van der Waals surface area contributed by atoms with Gasteiger partial charge in [-0.1, -0.05) is 30.3 Å². The topological polar surface area (TPSA) is 95.9 Å². The van der Waals surface area contributed by atoms with Crippen molar-refractivity contribution in [2.24, 2.45) is 0 Å². The quantitative estimate of drug-likeness (QED) is 0.695. The highest BCUT2D eigenvalue weighted by Crippen LogP contribution is 2.04. The number of nitrogens with one attached hydrogen (secondary N) is 1. The fourth-order valence-corrected chi connectivity index (χ4v) is 1.93. The van der Waals surface area contributed by atoms with Crippen molar-refractivity contribution < 1.29 is 24.2 Å². The van der Waals surface area contributed by atoms with Gasteiger partial charge in [-0.05, 0) is 12.5 Å². The summed E-state index contributed by atoms with van der Waals surface area (Å²) in [5.74, 6) is -1.77. The Morgan fingerprint density at radius 3 is 2.48 bits per heavy atom. The van der Waals surface area contributed by atoms with Crippen LogP contribution in [-0.2, 0) is 25.7 Å². The smallest absolute Gasteiger partial charge is 0.326 e. The van der Waals surface area contributed by atoms with E-state index in [2.05, 4.69) is 5.32 Å². The molecular weight excluding hydrogens is 300 g/mol. The zero-order valence-electron chi connectivity index (χ0n) is 13.3. The van der Waals surface area contributed by atoms with Gasteiger partial charge in [-0.25, -0.2) is 4.79 Å². The molecule has 0 saturated heterocycles. The van der Waals surface area contributed by atoms with E-state index in [9.17, 15) is 14.4 Å². The summed E-state index contributed by atoms with van der Waals surface area (Å²) < 4.78 is 5.35. The van der Waals surface area contributed by atoms with E-state index in [1.54, 1.807) is 0 Å². The number of carbonyl (C=O) groups is 3. The van der Waals surface area contributed by atoms with Gasteiger partial charge in [0.1, 0.15) is 12.6 Å². The first kappa shape index (κ1) is 18.6. The standard InChI is InChI=1S/C16H22N2O5/c1-12(16(21)22)18(9-8-17-13(2)19)15(20)11-23-10-14-6-4-3-5-7-14/h3-7,12H,8-11H2,1-2H3,(H,17,19)(H,21,22). The van der Waals surface area contributed by atoms with E-state index >= 15 is 0 Å². The Labute approximate surface area is 135 Å². The molecule has 0 aliphatic heterocycles. The van der Waals surface area contributed by atoms with Gasteiger partial charge in [-0.2, -0.15) is 0 Å². The maximum Gasteiger partial charge on any atom is 0.326 e. The Bertz CT molecular complexity index is 533. The van der Waals surface area contributed by atoms with E-state index in [0.29, 0.717) is 0 Å². The van der Waals surface area contributed by atoms with Crippen LogP contribution >= 0.6 is 0 Å². The molecule has 7 nitrogen and oxygen atoms in total. The number of hydrogen-bond acceptors (Lipinski definition) is 4. The van der Waals surface area contributed by atoms with Crippen LogP contribution in [-0.4, -0.2) is 53.5 Å². The molecule has 0 heterocycles. The van der Waals surface area contributed by atoms with Gasteiger partial charge in [0.25, 0.3) is 0 Å². The zero-order chi connectivity index (χ0) is 17.2. The largest absolute Gasteiger partial charge is 0.480 e. The minimum atomic E-state index is -1.11. The Morgan fingerprint density at radius 2 is 1.91 bits per heavy atom. The van der Waals surface area contributed by atoms with Gasteiger partial charge in [-0.3, -0.25) is 9.59 Å². The van der Waals surface area contributed by atoms with Gasteiger partial charge < -0.3 is 20.1 Å². The van der Waals surface area contributed by atoms with Crippen LogP contribution in [0.2, 0.25) is 0 Å². The summed E-state index contributed by atoms with van der Waals surface area (Å²) in [5, 5.41) is 11.6. The van der Waals surface area contributed by atoms with Gasteiger partial charge in [0.2, 0.25) is 11.8 Å². The van der Waals surface area contributed by atoms with Crippen molar-refractivity contribution >= 4 is 17.8 Å². The average Bonchev–Trinajstić information content (AvgIpc) is 2.51. The summed E-state index contributed by atoms with van der Waals surface area (Å²) in [6, 6.07) is 8.38. The molecule has 0 radical (unpaired) electrons. The van der Waals surface area contributed by atoms with Gasteiger partial charge in [0, 0.05) is 20.0 Å². The highest BCUT2D eigenvalue weighted by molar-refractivity contribution is 5.84. The number of rotatable bonds is 9. The Balaban J connectivity index is 2.52. The van der Waals surface area contributed by atoms with Crippen LogP contribution in [0.15, 0.2) is 30.3 Å². The molecule has 1 aromatic carbocycles. The molecule has 0 spiro atoms. The summed E-state index contributed by atoms with van der Waals surface area (Å²) in [7, 11) is 0. The van der Waals surface area contributed by atoms with Crippen molar-refractivity contribution in [3.63, 3.8) is 0 Å². The van der Waals surface area contributed by atoms with E-state index in [-0.39, 0.29) is 32.2 Å². The molecule has 0 bridgehead atoms. The molecule has 126 valence electrons. The highest BCUT2D eigenvalue weighted by Gasteiger charge is 2.25. The SMILES string of the molecule is CC(=O)NCCN(C(=O)COCc1ccccc1)C(C)C(=O)O. The second-order valence-electron chi connectivity index (χ2n) is 5.06. The lowest BCUT2D eigenvalue weighted by molar-refractivity contribution is -0.151. The fourth-order valence-electron chi connectivity index (χ4n) is 1.93. The number of carboxylic acids is 1. The van der Waals surface area contributed by atoms with Crippen molar-refractivity contribution in [2.75, 3.05) is 19.7 Å². The van der Waals surface area contributed by atoms with E-state index in [1.807, 2.05) is 30.3 Å². The molecule has 0 saturated carbocycles. The molecule has 1 aromatic rings. The zero-order valence-corrected chi connectivity index (χ0v) is 13.3. The van der Waals surface area contributed by atoms with Crippen LogP contribution in [0.1, 0.15) is 19.4 Å². The number of aliphatic carboxylic acids is 1. The molecule has 0 aromatic heterocycles. The number of hydrogen-bond donors (Lipinski definition) is 2. The lowest BCUT2D eigenvalue weighted by Crippen LogP contribution is -2.48. The first-order chi connectivity index (χ1) is 10.9. The van der Waals surface area contributed by atoms with Gasteiger partial charge in [-0.15, -0.1) is 0 Å². The molecule has 0 aliphatic rings. The Hall–Kier alpha value is -2.41. The monoisotopic (exact) mass is 322 g/mol. The molecule has 0 aliphatic carbocycles. The van der Waals surface area contributed by atoms with Gasteiger partial charge >= 0.3 is 5.97 Å². The van der Waals surface area contributed by atoms with Crippen LogP contribution < -0.4 is 5.32 Å². The van der Waals surface area contributed by atoms with Crippen LogP contribution in [0.25, 0.3) is 0 Å². The maximum absolute atomic E-state index is 12.2. The molecule has 1 rings (SSSR count). The maximum atomic E-state index is 12.2. The normalized spacial score (nSPS) is 11.6. The molecule has 0 fully saturated rings. The third-order valence-electron chi connectivity index (χ3n) is 3.21. The summed E-state index contributed by atoms with van der Waals surface area (Å²) >= 11 is 0. The Kier molecular flexibility index (Phi) is 7.76. The number of ether oxygens (including phenoxy) is 1. The van der Waals surface area contributed by atoms with Crippen LogP contribution in [0.3, 0.4) is 0 Å². The van der Waals surface area contributed by atoms with Gasteiger partial charge in [0.05, 0.1) is 6.61 Å². The van der Waals surface area contributed by atoms with Crippen molar-refractivity contribution in [1.82, 2.24) is 10.2 Å². The minimum absolute atomic E-state index is 0.112. The van der Waals surface area contributed by atoms with Crippen LogP contribution in [0, 0.1) is 0 Å². The lowest BCUT2D eigenvalue weighted by Gasteiger charge is -2.26. The third kappa shape index (κ3) is 6.92. The van der Waals surface area contributed by atoms with E-state index in [0.717, 1.165) is 5.56 Å². The van der Waals surface area contributed by atoms with E-state index in [4.69, 9.17) is 9.84 Å². The summed E-state index contributed by atoms with van der Waals surface area (Å²) in [6.07, 6.45) is 0. The first-order valence-electron chi connectivity index (χ1n) is 7.30. The average molecular weight is 322 g/mol. The minimum Gasteiger partial charge on any atom is -0.480 e. The highest BCUT2D eigenvalue weighted by atomic mass is 16.5. The summed E-state index contributed by atoms with van der Waals surface area (Å²) in [6.45, 7) is 3.14. The summed E-state index contributed by atoms with van der Waals surface area (Å²) in [5.41, 5.74) is 0.927. The third-order valence-corrected chi connectivity index (χ3v) is 3.21. The second kappa shape index (κ2) is 9.58. The predicted octanol–water partition coefficient (Wildman–Crippen LogP) is 0.641. The number of benzene rings is 1. The van der Waals surface area contributed by atoms with Crippen molar-refractivity contribution in [2.45, 2.75) is 26.5 Å². The molecule has 1 atom stereocenters. The van der Waals surface area contributed by atoms with E-state index in [1.165, 1.54) is 18.7 Å². The number of nitrogens with zero attached hydrogens (tertiary/aromatic N) is 1. The first-order valence-corrected chi connectivity index (χ1v) is 7.30. The van der Waals surface area contributed by atoms with Crippen molar-refractivity contribution in [3.8, 4) is 0 Å². The van der Waals surface area contributed by atoms with Gasteiger partial charge in [0.15, 0.2) is 0 Å². The molecule has 1 unspecified atom stereocenters. The molecule has 2 amide bonds. The number of amides is 2. The second-order valence-corrected chi connectivity index (χ2v) is 5.06. The summed E-state index contributed by atoms with van der Waals surface area (Å²) in [4.78, 5) is 35.4. The van der Waals surface area contributed by atoms with Crippen molar-refractivity contribution in [3.05, 3.63) is 35.9 Å². The lowest BCUT2D eigenvalue weighted by atomic mass is 10.2. The molecule has 23 heavy (non-hydrogen) atoms. The number of carboxylic acid groups (broad SMARTS) is 1. The molecular formula is C16H22N2O5. The van der Waals surface area contributed by atoms with Crippen molar-refractivity contribution in [1.29, 1.82) is 0 Å². The Morgan fingerprint density at radius 1 is 1.26 bits per heavy atom.